The van der Waals surface area contributed by atoms with Gasteiger partial charge >= 0.3 is 0 Å². The topological polar surface area (TPSA) is 52.6 Å². The lowest BCUT2D eigenvalue weighted by Crippen LogP contribution is -2.55. The maximum absolute atomic E-state index is 11.3. The fraction of sp³-hybridized carbons (Fsp3) is 0.875. The second kappa shape index (κ2) is 3.03. The molecule has 1 heterocycles. The van der Waals surface area contributed by atoms with Crippen LogP contribution in [0.3, 0.4) is 0 Å². The van der Waals surface area contributed by atoms with Gasteiger partial charge in [0.25, 0.3) is 0 Å². The molecule has 0 spiro atoms. The molecule has 2 N–H and O–H groups in total. The lowest BCUT2D eigenvalue weighted by Gasteiger charge is -2.35. The maximum Gasteiger partial charge on any atom is 0.236 e. The molecule has 0 aromatic rings. The molecule has 12 heavy (non-hydrogen) atoms. The molecule has 2 rings (SSSR count). The summed E-state index contributed by atoms with van der Waals surface area (Å²) < 4.78 is 0. The Balaban J connectivity index is 1.63. The molecular formula is C8H14N2O2. The predicted molar refractivity (Wildman–Crippen MR) is 43.6 cm³/mol. The Morgan fingerprint density at radius 3 is 2.67 bits per heavy atom. The fourth-order valence-electron chi connectivity index (χ4n) is 1.29. The number of aliphatic hydroxyl groups is 1. The average Bonchev–Trinajstić information content (AvgIpc) is 2.77. The van der Waals surface area contributed by atoms with Crippen LogP contribution in [0.15, 0.2) is 0 Å². The number of carbonyl (C=O) groups excluding carboxylic acids is 1. The molecule has 1 saturated heterocycles. The second-order valence-electron chi connectivity index (χ2n) is 3.61. The van der Waals surface area contributed by atoms with Gasteiger partial charge in [-0.2, -0.15) is 0 Å². The minimum absolute atomic E-state index is 0.118. The van der Waals surface area contributed by atoms with E-state index in [1.54, 1.807) is 4.90 Å². The Morgan fingerprint density at radius 2 is 2.17 bits per heavy atom. The maximum atomic E-state index is 11.3. The van der Waals surface area contributed by atoms with Crippen LogP contribution in [0.5, 0.6) is 0 Å². The van der Waals surface area contributed by atoms with Gasteiger partial charge in [0.2, 0.25) is 5.91 Å². The first-order valence-corrected chi connectivity index (χ1v) is 4.45. The van der Waals surface area contributed by atoms with Gasteiger partial charge in [-0.25, -0.2) is 0 Å². The lowest BCUT2D eigenvalue weighted by molar-refractivity contribution is -0.140. The summed E-state index contributed by atoms with van der Waals surface area (Å²) in [6, 6.07) is 0.583. The summed E-state index contributed by atoms with van der Waals surface area (Å²) in [6.45, 7) is 1.48. The predicted octanol–water partition coefficient (Wildman–Crippen LogP) is -1.06. The van der Waals surface area contributed by atoms with Crippen LogP contribution in [-0.4, -0.2) is 47.7 Å². The third-order valence-corrected chi connectivity index (χ3v) is 2.33. The number of hydrogen-bond donors (Lipinski definition) is 2. The molecule has 0 aromatic heterocycles. The Bertz CT molecular complexity index is 185. The zero-order valence-electron chi connectivity index (χ0n) is 6.99. The van der Waals surface area contributed by atoms with Crippen molar-refractivity contribution in [3.8, 4) is 0 Å². The van der Waals surface area contributed by atoms with Crippen LogP contribution < -0.4 is 5.32 Å². The quantitative estimate of drug-likeness (QED) is 0.568. The van der Waals surface area contributed by atoms with E-state index in [9.17, 15) is 4.79 Å². The highest BCUT2D eigenvalue weighted by atomic mass is 16.3. The number of rotatable bonds is 3. The molecule has 1 saturated carbocycles. The first kappa shape index (κ1) is 8.01. The molecule has 68 valence electrons. The number of β-amino-alcohol motifs (C(OH)–C–C–N with tert-alkyl or cyclic N) is 1. The standard InChI is InChI=1S/C8H14N2O2/c11-7-4-10(5-7)8(12)3-9-6-1-2-6/h6-7,9,11H,1-5H2. The zero-order valence-corrected chi connectivity index (χ0v) is 6.99. The highest BCUT2D eigenvalue weighted by Crippen LogP contribution is 2.18. The van der Waals surface area contributed by atoms with Crippen molar-refractivity contribution < 1.29 is 9.90 Å². The van der Waals surface area contributed by atoms with Gasteiger partial charge in [-0.3, -0.25) is 4.79 Å². The van der Waals surface area contributed by atoms with Crippen LogP contribution >= 0.6 is 0 Å². The van der Waals surface area contributed by atoms with E-state index in [0.717, 1.165) is 0 Å². The smallest absolute Gasteiger partial charge is 0.236 e. The first-order chi connectivity index (χ1) is 5.75. The number of hydrogen-bond acceptors (Lipinski definition) is 3. The van der Waals surface area contributed by atoms with Gasteiger partial charge in [0, 0.05) is 19.1 Å². The molecule has 1 aliphatic heterocycles. The number of aliphatic hydroxyl groups excluding tert-OH is 1. The molecule has 1 amide bonds. The van der Waals surface area contributed by atoms with Gasteiger partial charge in [0.1, 0.15) is 0 Å². The minimum Gasteiger partial charge on any atom is -0.389 e. The van der Waals surface area contributed by atoms with Gasteiger partial charge in [-0.1, -0.05) is 0 Å². The molecule has 2 fully saturated rings. The molecule has 0 atom stereocenters. The molecular weight excluding hydrogens is 156 g/mol. The Morgan fingerprint density at radius 1 is 1.50 bits per heavy atom. The van der Waals surface area contributed by atoms with Crippen molar-refractivity contribution in [2.75, 3.05) is 19.6 Å². The molecule has 2 aliphatic rings. The van der Waals surface area contributed by atoms with Gasteiger partial charge in [-0.05, 0) is 12.8 Å². The molecule has 0 radical (unpaired) electrons. The third-order valence-electron chi connectivity index (χ3n) is 2.33. The van der Waals surface area contributed by atoms with Gasteiger partial charge in [0.15, 0.2) is 0 Å². The average molecular weight is 170 g/mol. The summed E-state index contributed by atoms with van der Waals surface area (Å²) in [5, 5.41) is 12.1. The van der Waals surface area contributed by atoms with E-state index in [1.807, 2.05) is 0 Å². The summed E-state index contributed by atoms with van der Waals surface area (Å²) in [5.74, 6) is 0.118. The van der Waals surface area contributed by atoms with Crippen LogP contribution in [0.2, 0.25) is 0 Å². The van der Waals surface area contributed by atoms with Crippen molar-refractivity contribution in [2.24, 2.45) is 0 Å². The molecule has 4 heteroatoms. The van der Waals surface area contributed by atoms with Crippen LogP contribution in [0, 0.1) is 0 Å². The Kier molecular flexibility index (Phi) is 2.02. The SMILES string of the molecule is O=C(CNC1CC1)N1CC(O)C1. The lowest BCUT2D eigenvalue weighted by atomic mass is 10.2. The van der Waals surface area contributed by atoms with E-state index in [2.05, 4.69) is 5.32 Å². The molecule has 1 aliphatic carbocycles. The van der Waals surface area contributed by atoms with Crippen molar-refractivity contribution in [1.29, 1.82) is 0 Å². The van der Waals surface area contributed by atoms with E-state index >= 15 is 0 Å². The molecule has 0 aromatic carbocycles. The normalized spacial score (nSPS) is 23.9. The number of likely N-dealkylation sites (tertiary alicyclic amines) is 1. The second-order valence-corrected chi connectivity index (χ2v) is 3.61. The zero-order chi connectivity index (χ0) is 8.55. The number of nitrogens with one attached hydrogen (secondary N) is 1. The van der Waals surface area contributed by atoms with E-state index in [4.69, 9.17) is 5.11 Å². The highest BCUT2D eigenvalue weighted by Gasteiger charge is 2.29. The molecule has 0 unspecified atom stereocenters. The summed E-state index contributed by atoms with van der Waals surface area (Å²) in [6.07, 6.45) is 2.13. The van der Waals surface area contributed by atoms with Crippen LogP contribution in [0.25, 0.3) is 0 Å². The van der Waals surface area contributed by atoms with Gasteiger partial charge in [-0.15, -0.1) is 0 Å². The summed E-state index contributed by atoms with van der Waals surface area (Å²) in [5.41, 5.74) is 0. The Labute approximate surface area is 71.5 Å². The summed E-state index contributed by atoms with van der Waals surface area (Å²) in [4.78, 5) is 12.9. The highest BCUT2D eigenvalue weighted by molar-refractivity contribution is 5.79. The first-order valence-electron chi connectivity index (χ1n) is 4.45. The number of amides is 1. The largest absolute Gasteiger partial charge is 0.389 e. The van der Waals surface area contributed by atoms with Crippen molar-refractivity contribution >= 4 is 5.91 Å². The van der Waals surface area contributed by atoms with Crippen molar-refractivity contribution in [2.45, 2.75) is 25.0 Å². The Hall–Kier alpha value is -0.610. The fourth-order valence-corrected chi connectivity index (χ4v) is 1.29. The van der Waals surface area contributed by atoms with Crippen molar-refractivity contribution in [1.82, 2.24) is 10.2 Å². The van der Waals surface area contributed by atoms with E-state index in [0.29, 0.717) is 25.7 Å². The molecule has 4 nitrogen and oxygen atoms in total. The molecule has 0 bridgehead atoms. The summed E-state index contributed by atoms with van der Waals surface area (Å²) >= 11 is 0. The van der Waals surface area contributed by atoms with Crippen molar-refractivity contribution in [3.05, 3.63) is 0 Å². The van der Waals surface area contributed by atoms with Crippen molar-refractivity contribution in [3.63, 3.8) is 0 Å². The van der Waals surface area contributed by atoms with E-state index in [1.165, 1.54) is 12.8 Å². The van der Waals surface area contributed by atoms with Crippen LogP contribution in [0.1, 0.15) is 12.8 Å². The third kappa shape index (κ3) is 1.76. The van der Waals surface area contributed by atoms with Gasteiger partial charge in [0.05, 0.1) is 12.6 Å². The summed E-state index contributed by atoms with van der Waals surface area (Å²) in [7, 11) is 0. The van der Waals surface area contributed by atoms with Crippen LogP contribution in [-0.2, 0) is 4.79 Å². The van der Waals surface area contributed by atoms with Crippen LogP contribution in [0.4, 0.5) is 0 Å². The number of carbonyl (C=O) groups is 1. The minimum atomic E-state index is -0.283. The van der Waals surface area contributed by atoms with E-state index in [-0.39, 0.29) is 12.0 Å². The monoisotopic (exact) mass is 170 g/mol. The van der Waals surface area contributed by atoms with Gasteiger partial charge < -0.3 is 15.3 Å². The van der Waals surface area contributed by atoms with E-state index < -0.39 is 0 Å². The number of nitrogens with zero attached hydrogens (tertiary/aromatic N) is 1.